The number of aromatic nitrogens is 4. The molecule has 31 heavy (non-hydrogen) atoms. The lowest BCUT2D eigenvalue weighted by atomic mass is 10.0. The van der Waals surface area contributed by atoms with E-state index in [2.05, 4.69) is 9.97 Å². The number of likely N-dealkylation sites (tertiary alicyclic amines) is 1. The molecule has 164 valence electrons. The summed E-state index contributed by atoms with van der Waals surface area (Å²) in [7, 11) is 0. The molecule has 10 heteroatoms. The topological polar surface area (TPSA) is 116 Å². The van der Waals surface area contributed by atoms with Crippen LogP contribution in [-0.4, -0.2) is 48.4 Å². The monoisotopic (exact) mass is 442 g/mol. The summed E-state index contributed by atoms with van der Waals surface area (Å²) < 4.78 is 2.76. The number of hydrogen-bond acceptors (Lipinski definition) is 6. The highest BCUT2D eigenvalue weighted by atomic mass is 32.1. The minimum absolute atomic E-state index is 0.0464. The lowest BCUT2D eigenvalue weighted by Gasteiger charge is -2.33. The lowest BCUT2D eigenvalue weighted by Crippen LogP contribution is -2.44. The molecule has 4 rings (SSSR count). The van der Waals surface area contributed by atoms with E-state index >= 15 is 0 Å². The highest BCUT2D eigenvalue weighted by Gasteiger charge is 2.28. The van der Waals surface area contributed by atoms with Crippen molar-refractivity contribution in [3.05, 3.63) is 33.2 Å². The van der Waals surface area contributed by atoms with Gasteiger partial charge in [0, 0.05) is 24.0 Å². The third-order valence-corrected chi connectivity index (χ3v) is 6.78. The van der Waals surface area contributed by atoms with Crippen LogP contribution in [0.2, 0.25) is 0 Å². The Bertz CT molecular complexity index is 1220. The van der Waals surface area contributed by atoms with Crippen molar-refractivity contribution >= 4 is 34.3 Å². The molecular weight excluding hydrogens is 416 g/mol. The maximum Gasteiger partial charge on any atom is 0.330 e. The van der Waals surface area contributed by atoms with Crippen LogP contribution in [0.5, 0.6) is 0 Å². The van der Waals surface area contributed by atoms with Gasteiger partial charge < -0.3 is 10.6 Å². The maximum absolute atomic E-state index is 13.2. The first kappa shape index (κ1) is 21.2. The number of primary amides is 1. The SMILES string of the molecule is CCn1c(=O)n(CC(=O)N2CCCC[C@H]2C)c2c(C(N)=O)nc(-c3ccc(C)s3)nc21. The van der Waals surface area contributed by atoms with Gasteiger partial charge in [-0.25, -0.2) is 14.8 Å². The van der Waals surface area contributed by atoms with Crippen LogP contribution in [0.15, 0.2) is 16.9 Å². The molecular formula is C21H26N6O3S. The second-order valence-corrected chi connectivity index (χ2v) is 9.18. The molecule has 3 aromatic rings. The summed E-state index contributed by atoms with van der Waals surface area (Å²) in [5.41, 5.74) is 5.74. The predicted octanol–water partition coefficient (Wildman–Crippen LogP) is 2.15. The molecule has 1 saturated heterocycles. The van der Waals surface area contributed by atoms with Gasteiger partial charge in [-0.1, -0.05) is 0 Å². The zero-order valence-corrected chi connectivity index (χ0v) is 18.7. The van der Waals surface area contributed by atoms with Crippen molar-refractivity contribution in [2.75, 3.05) is 6.54 Å². The number of aryl methyl sites for hydroxylation is 2. The van der Waals surface area contributed by atoms with Crippen molar-refractivity contribution in [3.8, 4) is 10.7 Å². The minimum Gasteiger partial charge on any atom is -0.364 e. The molecule has 1 atom stereocenters. The van der Waals surface area contributed by atoms with Crippen LogP contribution in [-0.2, 0) is 17.9 Å². The van der Waals surface area contributed by atoms with Gasteiger partial charge in [0.2, 0.25) is 5.91 Å². The molecule has 0 aliphatic carbocycles. The van der Waals surface area contributed by atoms with Gasteiger partial charge in [-0.15, -0.1) is 11.3 Å². The van der Waals surface area contributed by atoms with Crippen molar-refractivity contribution < 1.29 is 9.59 Å². The number of amides is 2. The molecule has 0 aromatic carbocycles. The summed E-state index contributed by atoms with van der Waals surface area (Å²) in [5, 5.41) is 0. The van der Waals surface area contributed by atoms with Crippen molar-refractivity contribution in [1.29, 1.82) is 0 Å². The van der Waals surface area contributed by atoms with Gasteiger partial charge in [0.1, 0.15) is 12.1 Å². The molecule has 0 saturated carbocycles. The summed E-state index contributed by atoms with van der Waals surface area (Å²) in [4.78, 5) is 51.2. The smallest absolute Gasteiger partial charge is 0.330 e. The Morgan fingerprint density at radius 2 is 2.00 bits per heavy atom. The second kappa shape index (κ2) is 8.26. The summed E-state index contributed by atoms with van der Waals surface area (Å²) in [5.74, 6) is -0.574. The standard InChI is InChI=1S/C21H26N6O3S/c1-4-25-20-17(16(18(22)29)23-19(24-20)14-9-8-13(3)31-14)27(21(25)30)11-15(28)26-10-6-5-7-12(26)2/h8-9,12H,4-7,10-11H2,1-3H3,(H2,22,29)/t12-/m1/s1. The number of nitrogens with zero attached hydrogens (tertiary/aromatic N) is 5. The molecule has 1 aliphatic heterocycles. The Hall–Kier alpha value is -3.01. The molecule has 1 fully saturated rings. The van der Waals surface area contributed by atoms with E-state index < -0.39 is 11.6 Å². The molecule has 2 amide bonds. The van der Waals surface area contributed by atoms with Gasteiger partial charge in [0.15, 0.2) is 17.2 Å². The Kier molecular flexibility index (Phi) is 5.65. The van der Waals surface area contributed by atoms with E-state index in [9.17, 15) is 14.4 Å². The quantitative estimate of drug-likeness (QED) is 0.650. The number of carbonyl (C=O) groups excluding carboxylic acids is 2. The molecule has 3 aromatic heterocycles. The third kappa shape index (κ3) is 3.76. The molecule has 1 aliphatic rings. The van der Waals surface area contributed by atoms with Crippen molar-refractivity contribution in [2.45, 2.75) is 59.2 Å². The molecule has 0 radical (unpaired) electrons. The van der Waals surface area contributed by atoms with Crippen LogP contribution in [0.25, 0.3) is 21.9 Å². The van der Waals surface area contributed by atoms with E-state index in [-0.39, 0.29) is 29.7 Å². The normalized spacial score (nSPS) is 16.7. The van der Waals surface area contributed by atoms with Gasteiger partial charge in [-0.3, -0.25) is 18.7 Å². The molecule has 0 unspecified atom stereocenters. The van der Waals surface area contributed by atoms with E-state index in [4.69, 9.17) is 5.73 Å². The number of thiophene rings is 1. The van der Waals surface area contributed by atoms with Crippen LogP contribution in [0.4, 0.5) is 0 Å². The van der Waals surface area contributed by atoms with Crippen LogP contribution < -0.4 is 11.4 Å². The minimum atomic E-state index is -0.761. The molecule has 9 nitrogen and oxygen atoms in total. The van der Waals surface area contributed by atoms with Gasteiger partial charge in [0.25, 0.3) is 5.91 Å². The van der Waals surface area contributed by atoms with Gasteiger partial charge >= 0.3 is 5.69 Å². The second-order valence-electron chi connectivity index (χ2n) is 7.89. The summed E-state index contributed by atoms with van der Waals surface area (Å²) in [6.45, 7) is 6.64. The van der Waals surface area contributed by atoms with Gasteiger partial charge in [-0.05, 0) is 52.2 Å². The Labute approximate surface area is 183 Å². The zero-order valence-electron chi connectivity index (χ0n) is 17.9. The van der Waals surface area contributed by atoms with E-state index in [0.29, 0.717) is 24.6 Å². The third-order valence-electron chi connectivity index (χ3n) is 5.78. The number of carbonyl (C=O) groups is 2. The fourth-order valence-corrected chi connectivity index (χ4v) is 4.98. The van der Waals surface area contributed by atoms with E-state index in [1.807, 2.05) is 32.9 Å². The first-order valence-corrected chi connectivity index (χ1v) is 11.3. The maximum atomic E-state index is 13.2. The number of piperidine rings is 1. The number of hydrogen-bond donors (Lipinski definition) is 1. The summed E-state index contributed by atoms with van der Waals surface area (Å²) in [6, 6.07) is 3.93. The predicted molar refractivity (Wildman–Crippen MR) is 119 cm³/mol. The van der Waals surface area contributed by atoms with Crippen LogP contribution in [0, 0.1) is 6.92 Å². The highest BCUT2D eigenvalue weighted by molar-refractivity contribution is 7.15. The number of nitrogens with two attached hydrogens (primary N) is 1. The first-order valence-electron chi connectivity index (χ1n) is 10.5. The van der Waals surface area contributed by atoms with Crippen LogP contribution >= 0.6 is 11.3 Å². The molecule has 2 N–H and O–H groups in total. The number of rotatable bonds is 5. The zero-order chi connectivity index (χ0) is 22.3. The van der Waals surface area contributed by atoms with Crippen molar-refractivity contribution in [1.82, 2.24) is 24.0 Å². The fourth-order valence-electron chi connectivity index (χ4n) is 4.17. The number of fused-ring (bicyclic) bond motifs is 1. The lowest BCUT2D eigenvalue weighted by molar-refractivity contribution is -0.135. The van der Waals surface area contributed by atoms with Gasteiger partial charge in [-0.2, -0.15) is 0 Å². The first-order chi connectivity index (χ1) is 14.8. The van der Waals surface area contributed by atoms with E-state index in [0.717, 1.165) is 29.0 Å². The van der Waals surface area contributed by atoms with E-state index in [1.54, 1.807) is 4.90 Å². The summed E-state index contributed by atoms with van der Waals surface area (Å²) >= 11 is 1.49. The van der Waals surface area contributed by atoms with Crippen LogP contribution in [0.3, 0.4) is 0 Å². The van der Waals surface area contributed by atoms with Gasteiger partial charge in [0.05, 0.1) is 4.88 Å². The average Bonchev–Trinajstić information content (AvgIpc) is 3.28. The molecule has 4 heterocycles. The Morgan fingerprint density at radius 3 is 2.61 bits per heavy atom. The largest absolute Gasteiger partial charge is 0.364 e. The van der Waals surface area contributed by atoms with E-state index in [1.165, 1.54) is 20.5 Å². The van der Waals surface area contributed by atoms with Crippen molar-refractivity contribution in [2.24, 2.45) is 5.73 Å². The average molecular weight is 443 g/mol. The Balaban J connectivity index is 1.88. The summed E-state index contributed by atoms with van der Waals surface area (Å²) in [6.07, 6.45) is 2.97. The Morgan fingerprint density at radius 1 is 1.23 bits per heavy atom. The van der Waals surface area contributed by atoms with Crippen molar-refractivity contribution in [3.63, 3.8) is 0 Å². The highest BCUT2D eigenvalue weighted by Crippen LogP contribution is 2.27. The fraction of sp³-hybridized carbons (Fsp3) is 0.476. The molecule has 0 spiro atoms. The molecule has 0 bridgehead atoms. The van der Waals surface area contributed by atoms with Crippen LogP contribution in [0.1, 0.15) is 48.5 Å². The number of imidazole rings is 1.